The number of anilines is 2. The van der Waals surface area contributed by atoms with Crippen molar-refractivity contribution in [3.8, 4) is 0 Å². The maximum atomic E-state index is 13.4. The first-order valence-electron chi connectivity index (χ1n) is 5.34. The zero-order valence-electron chi connectivity index (χ0n) is 10.1. The minimum absolute atomic E-state index is 0.240. The molecule has 0 unspecified atom stereocenters. The Bertz CT molecular complexity index is 530. The quantitative estimate of drug-likeness (QED) is 0.803. The summed E-state index contributed by atoms with van der Waals surface area (Å²) in [5.41, 5.74) is 4.56. The molecule has 0 saturated heterocycles. The number of rotatable bonds is 5. The van der Waals surface area contributed by atoms with Crippen LogP contribution in [0.5, 0.6) is 0 Å². The fourth-order valence-corrected chi connectivity index (χ4v) is 2.65. The van der Waals surface area contributed by atoms with Crippen molar-refractivity contribution in [2.24, 2.45) is 0 Å². The summed E-state index contributed by atoms with van der Waals surface area (Å²) >= 11 is 0. The zero-order valence-corrected chi connectivity index (χ0v) is 10.9. The molecule has 0 atom stereocenters. The van der Waals surface area contributed by atoms with Crippen molar-refractivity contribution in [1.82, 2.24) is 4.31 Å². The van der Waals surface area contributed by atoms with Crippen LogP contribution in [0.1, 0.15) is 13.8 Å². The summed E-state index contributed by atoms with van der Waals surface area (Å²) in [6.45, 7) is 3.78. The van der Waals surface area contributed by atoms with Gasteiger partial charge in [-0.15, -0.1) is 0 Å². The van der Waals surface area contributed by atoms with Gasteiger partial charge in [-0.05, 0) is 6.07 Å². The van der Waals surface area contributed by atoms with E-state index in [1.54, 1.807) is 13.8 Å². The Balaban J connectivity index is 3.08. The first-order valence-corrected chi connectivity index (χ1v) is 6.78. The summed E-state index contributed by atoms with van der Waals surface area (Å²) in [7, 11) is -3.86. The second kappa shape index (κ2) is 5.49. The zero-order chi connectivity index (χ0) is 13.9. The lowest BCUT2D eigenvalue weighted by atomic mass is 10.2. The normalized spacial score (nSPS) is 11.8. The van der Waals surface area contributed by atoms with Crippen LogP contribution in [0.2, 0.25) is 0 Å². The molecular formula is C10H15F2N3O2S. The Labute approximate surface area is 105 Å². The molecule has 5 nitrogen and oxygen atoms in total. The van der Waals surface area contributed by atoms with Crippen LogP contribution in [0.3, 0.4) is 0 Å². The van der Waals surface area contributed by atoms with Crippen LogP contribution in [0.15, 0.2) is 12.1 Å². The average Bonchev–Trinajstić information content (AvgIpc) is 2.26. The van der Waals surface area contributed by atoms with Gasteiger partial charge in [0.05, 0.1) is 11.4 Å². The number of nitrogens with zero attached hydrogens (tertiary/aromatic N) is 1. The molecule has 1 aromatic rings. The number of hydrogen-bond donors (Lipinski definition) is 2. The molecule has 0 spiro atoms. The molecule has 0 saturated carbocycles. The lowest BCUT2D eigenvalue weighted by Crippen LogP contribution is -2.35. The molecule has 0 heterocycles. The predicted octanol–water partition coefficient (Wildman–Crippen LogP) is 1.55. The van der Waals surface area contributed by atoms with Crippen molar-refractivity contribution in [1.29, 1.82) is 0 Å². The maximum Gasteiger partial charge on any atom is 0.301 e. The second-order valence-electron chi connectivity index (χ2n) is 3.54. The fraction of sp³-hybridized carbons (Fsp3) is 0.400. The SMILES string of the molecule is CCN(CC)S(=O)(=O)Nc1cc(N)c(F)cc1F. The van der Waals surface area contributed by atoms with E-state index in [1.807, 2.05) is 4.72 Å². The molecule has 0 bridgehead atoms. The molecule has 0 radical (unpaired) electrons. The van der Waals surface area contributed by atoms with Gasteiger partial charge in [-0.2, -0.15) is 12.7 Å². The van der Waals surface area contributed by atoms with Crippen LogP contribution in [0.4, 0.5) is 20.2 Å². The summed E-state index contributed by atoms with van der Waals surface area (Å²) in [5, 5.41) is 0. The van der Waals surface area contributed by atoms with E-state index in [9.17, 15) is 17.2 Å². The van der Waals surface area contributed by atoms with E-state index in [1.165, 1.54) is 0 Å². The molecule has 8 heteroatoms. The Morgan fingerprint density at radius 1 is 1.22 bits per heavy atom. The van der Waals surface area contributed by atoms with Crippen LogP contribution < -0.4 is 10.5 Å². The van der Waals surface area contributed by atoms with E-state index < -0.39 is 21.8 Å². The van der Waals surface area contributed by atoms with Gasteiger partial charge in [-0.1, -0.05) is 13.8 Å². The van der Waals surface area contributed by atoms with Crippen molar-refractivity contribution < 1.29 is 17.2 Å². The van der Waals surface area contributed by atoms with Crippen molar-refractivity contribution in [3.05, 3.63) is 23.8 Å². The molecule has 0 fully saturated rings. The summed E-state index contributed by atoms with van der Waals surface area (Å²) in [6, 6.07) is 1.45. The van der Waals surface area contributed by atoms with Gasteiger partial charge in [-0.25, -0.2) is 8.78 Å². The summed E-state index contributed by atoms with van der Waals surface area (Å²) in [6.07, 6.45) is 0. The van der Waals surface area contributed by atoms with Crippen molar-refractivity contribution in [2.75, 3.05) is 23.5 Å². The molecule has 0 aliphatic carbocycles. The third-order valence-corrected chi connectivity index (χ3v) is 4.04. The van der Waals surface area contributed by atoms with E-state index in [2.05, 4.69) is 0 Å². The molecule has 102 valence electrons. The summed E-state index contributed by atoms with van der Waals surface area (Å²) < 4.78 is 53.1. The van der Waals surface area contributed by atoms with Gasteiger partial charge in [0.15, 0.2) is 0 Å². The highest BCUT2D eigenvalue weighted by Gasteiger charge is 2.20. The number of benzene rings is 1. The molecule has 0 aliphatic rings. The number of nitrogen functional groups attached to an aromatic ring is 1. The first-order chi connectivity index (χ1) is 8.31. The van der Waals surface area contributed by atoms with E-state index >= 15 is 0 Å². The van der Waals surface area contributed by atoms with Crippen molar-refractivity contribution in [2.45, 2.75) is 13.8 Å². The lowest BCUT2D eigenvalue weighted by molar-refractivity contribution is 0.449. The van der Waals surface area contributed by atoms with Gasteiger partial charge in [-0.3, -0.25) is 4.72 Å². The molecular weight excluding hydrogens is 264 g/mol. The summed E-state index contributed by atoms with van der Waals surface area (Å²) in [4.78, 5) is 0. The minimum atomic E-state index is -3.86. The molecule has 1 aromatic carbocycles. The molecule has 3 N–H and O–H groups in total. The highest BCUT2D eigenvalue weighted by atomic mass is 32.2. The van der Waals surface area contributed by atoms with E-state index in [4.69, 9.17) is 5.73 Å². The van der Waals surface area contributed by atoms with E-state index in [0.29, 0.717) is 6.07 Å². The number of nitrogens with two attached hydrogens (primary N) is 1. The van der Waals surface area contributed by atoms with Crippen molar-refractivity contribution in [3.63, 3.8) is 0 Å². The summed E-state index contributed by atoms with van der Waals surface area (Å²) in [5.74, 6) is -1.95. The van der Waals surface area contributed by atoms with Gasteiger partial charge >= 0.3 is 10.2 Å². The maximum absolute atomic E-state index is 13.4. The lowest BCUT2D eigenvalue weighted by Gasteiger charge is -2.19. The smallest absolute Gasteiger partial charge is 0.301 e. The van der Waals surface area contributed by atoms with Crippen LogP contribution in [0, 0.1) is 11.6 Å². The van der Waals surface area contributed by atoms with Gasteiger partial charge in [0.2, 0.25) is 0 Å². The average molecular weight is 279 g/mol. The number of nitrogens with one attached hydrogen (secondary N) is 1. The van der Waals surface area contributed by atoms with Gasteiger partial charge in [0.1, 0.15) is 11.6 Å². The second-order valence-corrected chi connectivity index (χ2v) is 5.22. The van der Waals surface area contributed by atoms with E-state index in [0.717, 1.165) is 10.4 Å². The van der Waals surface area contributed by atoms with Crippen LogP contribution >= 0.6 is 0 Å². The van der Waals surface area contributed by atoms with Gasteiger partial charge < -0.3 is 5.73 Å². The molecule has 0 aliphatic heterocycles. The molecule has 0 aromatic heterocycles. The fourth-order valence-electron chi connectivity index (χ4n) is 1.41. The number of hydrogen-bond acceptors (Lipinski definition) is 3. The third kappa shape index (κ3) is 3.08. The van der Waals surface area contributed by atoms with Crippen LogP contribution in [-0.4, -0.2) is 25.8 Å². The Kier molecular flexibility index (Phi) is 4.47. The Morgan fingerprint density at radius 2 is 1.78 bits per heavy atom. The predicted molar refractivity (Wildman–Crippen MR) is 66.2 cm³/mol. The molecule has 0 amide bonds. The molecule has 18 heavy (non-hydrogen) atoms. The number of halogens is 2. The van der Waals surface area contributed by atoms with Crippen LogP contribution in [0.25, 0.3) is 0 Å². The minimum Gasteiger partial charge on any atom is -0.396 e. The highest BCUT2D eigenvalue weighted by molar-refractivity contribution is 7.90. The highest BCUT2D eigenvalue weighted by Crippen LogP contribution is 2.22. The van der Waals surface area contributed by atoms with E-state index in [-0.39, 0.29) is 24.5 Å². The Hall–Kier alpha value is -1.41. The first kappa shape index (κ1) is 14.7. The van der Waals surface area contributed by atoms with Gasteiger partial charge in [0.25, 0.3) is 0 Å². The monoisotopic (exact) mass is 279 g/mol. The Morgan fingerprint density at radius 3 is 2.28 bits per heavy atom. The topological polar surface area (TPSA) is 75.4 Å². The van der Waals surface area contributed by atoms with Crippen LogP contribution in [-0.2, 0) is 10.2 Å². The standard InChI is InChI=1S/C10H15F2N3O2S/c1-3-15(4-2)18(16,17)14-10-6-9(13)7(11)5-8(10)12/h5-6,14H,3-4,13H2,1-2H3. The largest absolute Gasteiger partial charge is 0.396 e. The molecule has 1 rings (SSSR count). The van der Waals surface area contributed by atoms with Gasteiger partial charge in [0, 0.05) is 19.2 Å². The van der Waals surface area contributed by atoms with Crippen molar-refractivity contribution >= 4 is 21.6 Å². The third-order valence-electron chi connectivity index (χ3n) is 2.37.